The third-order valence-corrected chi connectivity index (χ3v) is 3.98. The number of hydrogen-bond donors (Lipinski definition) is 1. The number of thioether (sulfide) groups is 1. The van der Waals surface area contributed by atoms with Crippen molar-refractivity contribution in [3.63, 3.8) is 0 Å². The van der Waals surface area contributed by atoms with Crippen molar-refractivity contribution in [3.05, 3.63) is 35.4 Å². The summed E-state index contributed by atoms with van der Waals surface area (Å²) in [5.74, 6) is 1.31. The lowest BCUT2D eigenvalue weighted by Crippen LogP contribution is -2.44. The summed E-state index contributed by atoms with van der Waals surface area (Å²) in [5, 5.41) is 3.23. The van der Waals surface area contributed by atoms with Gasteiger partial charge < -0.3 is 5.32 Å². The molecule has 1 aliphatic heterocycles. The Bertz CT molecular complexity index is 374. The van der Waals surface area contributed by atoms with E-state index in [1.54, 1.807) is 23.9 Å². The van der Waals surface area contributed by atoms with Gasteiger partial charge in [-0.25, -0.2) is 0 Å². The molecule has 1 aromatic carbocycles. The molecular weight excluding hydrogens is 247 g/mol. The molecule has 1 atom stereocenters. The molecule has 0 amide bonds. The third kappa shape index (κ3) is 3.39. The van der Waals surface area contributed by atoms with E-state index < -0.39 is 11.7 Å². The predicted molar refractivity (Wildman–Crippen MR) is 64.0 cm³/mol. The Morgan fingerprint density at radius 3 is 2.59 bits per heavy atom. The molecule has 1 saturated heterocycles. The molecule has 0 aliphatic carbocycles. The van der Waals surface area contributed by atoms with Gasteiger partial charge in [0.15, 0.2) is 0 Å². The van der Waals surface area contributed by atoms with Gasteiger partial charge in [0.1, 0.15) is 0 Å². The van der Waals surface area contributed by atoms with Gasteiger partial charge in [0.05, 0.1) is 5.56 Å². The summed E-state index contributed by atoms with van der Waals surface area (Å²) in [6.07, 6.45) is -3.11. The normalized spacial score (nSPS) is 20.1. The molecule has 0 radical (unpaired) electrons. The van der Waals surface area contributed by atoms with Gasteiger partial charge >= 0.3 is 6.18 Å². The average Bonchev–Trinajstić information content (AvgIpc) is 2.21. The Morgan fingerprint density at radius 2 is 2.00 bits per heavy atom. The molecule has 1 fully saturated rings. The van der Waals surface area contributed by atoms with Crippen molar-refractivity contribution in [2.24, 2.45) is 0 Å². The van der Waals surface area contributed by atoms with Gasteiger partial charge in [0.2, 0.25) is 0 Å². The van der Waals surface area contributed by atoms with E-state index in [-0.39, 0.29) is 0 Å². The summed E-state index contributed by atoms with van der Waals surface area (Å²) in [4.78, 5) is 0. The molecule has 2 rings (SSSR count). The van der Waals surface area contributed by atoms with Crippen molar-refractivity contribution in [1.82, 2.24) is 5.32 Å². The molecule has 1 aromatic rings. The molecule has 0 spiro atoms. The highest BCUT2D eigenvalue weighted by Crippen LogP contribution is 2.33. The number of hydrogen-bond acceptors (Lipinski definition) is 2. The van der Waals surface area contributed by atoms with Crippen LogP contribution in [0.3, 0.4) is 0 Å². The first-order chi connectivity index (χ1) is 8.07. The summed E-state index contributed by atoms with van der Waals surface area (Å²) < 4.78 is 38.1. The highest BCUT2D eigenvalue weighted by Gasteiger charge is 2.32. The van der Waals surface area contributed by atoms with Gasteiger partial charge in [-0.1, -0.05) is 18.2 Å². The Labute approximate surface area is 103 Å². The molecule has 1 N–H and O–H groups in total. The first-order valence-electron chi connectivity index (χ1n) is 5.53. The number of halogens is 3. The molecule has 94 valence electrons. The van der Waals surface area contributed by atoms with E-state index in [0.29, 0.717) is 17.4 Å². The molecule has 5 heteroatoms. The minimum absolute atomic E-state index is 0.379. The Hall–Kier alpha value is -0.680. The summed E-state index contributed by atoms with van der Waals surface area (Å²) in [5.41, 5.74) is -0.126. The van der Waals surface area contributed by atoms with Crippen LogP contribution in [0.4, 0.5) is 13.2 Å². The lowest BCUT2D eigenvalue weighted by molar-refractivity contribution is -0.138. The highest BCUT2D eigenvalue weighted by atomic mass is 32.2. The van der Waals surface area contributed by atoms with Crippen LogP contribution >= 0.6 is 11.8 Å². The van der Waals surface area contributed by atoms with Crippen molar-refractivity contribution in [2.75, 3.05) is 12.3 Å². The molecule has 0 saturated carbocycles. The van der Waals surface area contributed by atoms with Crippen LogP contribution in [0.15, 0.2) is 24.3 Å². The van der Waals surface area contributed by atoms with Gasteiger partial charge in [-0.15, -0.1) is 0 Å². The second-order valence-corrected chi connectivity index (χ2v) is 5.14. The van der Waals surface area contributed by atoms with Crippen LogP contribution in [-0.4, -0.2) is 18.3 Å². The van der Waals surface area contributed by atoms with Crippen LogP contribution in [0.2, 0.25) is 0 Å². The standard InChI is InChI=1S/C12H14F3NS/c13-12(14,15)11-4-2-1-3-9(11)7-17-8-10-5-6-16-10/h1-4,10,16H,5-8H2. The van der Waals surface area contributed by atoms with Crippen molar-refractivity contribution in [3.8, 4) is 0 Å². The van der Waals surface area contributed by atoms with Crippen LogP contribution in [0.1, 0.15) is 17.5 Å². The largest absolute Gasteiger partial charge is 0.416 e. The molecule has 1 aliphatic rings. The third-order valence-electron chi connectivity index (χ3n) is 2.83. The SMILES string of the molecule is FC(F)(F)c1ccccc1CSCC1CCN1. The molecule has 1 unspecified atom stereocenters. The zero-order valence-corrected chi connectivity index (χ0v) is 10.1. The Morgan fingerprint density at radius 1 is 1.29 bits per heavy atom. The summed E-state index contributed by atoms with van der Waals surface area (Å²) in [6, 6.07) is 6.29. The fourth-order valence-corrected chi connectivity index (χ4v) is 2.88. The fraction of sp³-hybridized carbons (Fsp3) is 0.500. The number of benzene rings is 1. The predicted octanol–water partition coefficient (Wildman–Crippen LogP) is 3.30. The van der Waals surface area contributed by atoms with E-state index in [0.717, 1.165) is 24.8 Å². The first-order valence-corrected chi connectivity index (χ1v) is 6.69. The van der Waals surface area contributed by atoms with E-state index in [1.165, 1.54) is 6.07 Å². The highest BCUT2D eigenvalue weighted by molar-refractivity contribution is 7.98. The minimum Gasteiger partial charge on any atom is -0.313 e. The maximum absolute atomic E-state index is 12.7. The number of alkyl halides is 3. The zero-order chi connectivity index (χ0) is 12.3. The monoisotopic (exact) mass is 261 g/mol. The van der Waals surface area contributed by atoms with Gasteiger partial charge in [-0.3, -0.25) is 0 Å². The average molecular weight is 261 g/mol. The second kappa shape index (κ2) is 5.31. The van der Waals surface area contributed by atoms with E-state index in [1.807, 2.05) is 0 Å². The maximum Gasteiger partial charge on any atom is 0.416 e. The van der Waals surface area contributed by atoms with Crippen LogP contribution in [-0.2, 0) is 11.9 Å². The molecule has 0 aromatic heterocycles. The number of rotatable bonds is 4. The van der Waals surface area contributed by atoms with Crippen molar-refractivity contribution in [2.45, 2.75) is 24.4 Å². The molecule has 0 bridgehead atoms. The summed E-state index contributed by atoms with van der Waals surface area (Å²) >= 11 is 1.56. The second-order valence-electron chi connectivity index (χ2n) is 4.11. The smallest absolute Gasteiger partial charge is 0.313 e. The fourth-order valence-electron chi connectivity index (χ4n) is 1.72. The van der Waals surface area contributed by atoms with Gasteiger partial charge in [0, 0.05) is 17.5 Å². The van der Waals surface area contributed by atoms with Crippen molar-refractivity contribution < 1.29 is 13.2 Å². The van der Waals surface area contributed by atoms with Crippen LogP contribution in [0.25, 0.3) is 0 Å². The molecular formula is C12H14F3NS. The maximum atomic E-state index is 12.7. The lowest BCUT2D eigenvalue weighted by atomic mass is 10.1. The minimum atomic E-state index is -4.24. The zero-order valence-electron chi connectivity index (χ0n) is 9.26. The summed E-state index contributed by atoms with van der Waals surface area (Å²) in [7, 11) is 0. The Balaban J connectivity index is 1.94. The molecule has 1 nitrogen and oxygen atoms in total. The topological polar surface area (TPSA) is 12.0 Å². The molecule has 17 heavy (non-hydrogen) atoms. The van der Waals surface area contributed by atoms with E-state index in [9.17, 15) is 13.2 Å². The first kappa shape index (κ1) is 12.8. The van der Waals surface area contributed by atoms with Crippen molar-refractivity contribution in [1.29, 1.82) is 0 Å². The van der Waals surface area contributed by atoms with Crippen LogP contribution < -0.4 is 5.32 Å². The van der Waals surface area contributed by atoms with Gasteiger partial charge in [-0.2, -0.15) is 24.9 Å². The number of nitrogens with one attached hydrogen (secondary N) is 1. The Kier molecular flexibility index (Phi) is 3.99. The van der Waals surface area contributed by atoms with E-state index >= 15 is 0 Å². The summed E-state index contributed by atoms with van der Waals surface area (Å²) in [6.45, 7) is 1.03. The van der Waals surface area contributed by atoms with Crippen LogP contribution in [0.5, 0.6) is 0 Å². The van der Waals surface area contributed by atoms with E-state index in [2.05, 4.69) is 5.32 Å². The molecule has 1 heterocycles. The van der Waals surface area contributed by atoms with Gasteiger partial charge in [0.25, 0.3) is 0 Å². The quantitative estimate of drug-likeness (QED) is 0.892. The van der Waals surface area contributed by atoms with Gasteiger partial charge in [-0.05, 0) is 24.6 Å². The van der Waals surface area contributed by atoms with Crippen LogP contribution in [0, 0.1) is 0 Å². The van der Waals surface area contributed by atoms with E-state index in [4.69, 9.17) is 0 Å². The lowest BCUT2D eigenvalue weighted by Gasteiger charge is -2.27. The van der Waals surface area contributed by atoms with Crippen molar-refractivity contribution >= 4 is 11.8 Å².